The molecule has 0 atom stereocenters. The van der Waals surface area contributed by atoms with E-state index in [2.05, 4.69) is 52.8 Å². The lowest BCUT2D eigenvalue weighted by molar-refractivity contribution is 0.544. The molecule has 0 radical (unpaired) electrons. The van der Waals surface area contributed by atoms with Crippen molar-refractivity contribution in [3.63, 3.8) is 0 Å². The predicted molar refractivity (Wildman–Crippen MR) is 110 cm³/mol. The van der Waals surface area contributed by atoms with E-state index in [0.29, 0.717) is 0 Å². The molecule has 3 rings (SSSR count). The van der Waals surface area contributed by atoms with Crippen LogP contribution in [0.1, 0.15) is 30.5 Å². The van der Waals surface area contributed by atoms with Crippen molar-refractivity contribution in [1.82, 2.24) is 20.4 Å². The van der Waals surface area contributed by atoms with Gasteiger partial charge in [-0.2, -0.15) is 5.10 Å². The number of guanidine groups is 1. The zero-order valence-corrected chi connectivity index (χ0v) is 16.5. The highest BCUT2D eigenvalue weighted by molar-refractivity contribution is 5.80. The number of hydrogen-bond donors (Lipinski definition) is 2. The van der Waals surface area contributed by atoms with Gasteiger partial charge in [0.1, 0.15) is 11.3 Å². The van der Waals surface area contributed by atoms with E-state index in [-0.39, 0.29) is 0 Å². The van der Waals surface area contributed by atoms with Gasteiger partial charge in [0.25, 0.3) is 0 Å². The van der Waals surface area contributed by atoms with E-state index in [1.807, 2.05) is 29.8 Å². The van der Waals surface area contributed by atoms with Gasteiger partial charge < -0.3 is 15.1 Å². The molecule has 0 amide bonds. The van der Waals surface area contributed by atoms with Gasteiger partial charge in [0.2, 0.25) is 0 Å². The monoisotopic (exact) mass is 367 g/mol. The maximum atomic E-state index is 5.86. The normalized spacial score (nSPS) is 11.9. The molecule has 6 nitrogen and oxygen atoms in total. The van der Waals surface area contributed by atoms with E-state index in [1.165, 1.54) is 5.69 Å². The fraction of sp³-hybridized carbons (Fsp3) is 0.429. The first-order valence-electron chi connectivity index (χ1n) is 9.66. The molecule has 3 aromatic rings. The van der Waals surface area contributed by atoms with Crippen LogP contribution in [0, 0.1) is 13.8 Å². The second-order valence-electron chi connectivity index (χ2n) is 6.69. The molecule has 2 heterocycles. The molecule has 0 aliphatic carbocycles. The number of aliphatic imine (C=N–C) groups is 1. The van der Waals surface area contributed by atoms with Gasteiger partial charge in [-0.25, -0.2) is 0 Å². The third-order valence-electron chi connectivity index (χ3n) is 4.39. The number of hydrogen-bond acceptors (Lipinski definition) is 3. The Bertz CT molecular complexity index is 860. The van der Waals surface area contributed by atoms with Crippen LogP contribution >= 0.6 is 0 Å². The van der Waals surface area contributed by atoms with Crippen LogP contribution in [0.3, 0.4) is 0 Å². The largest absolute Gasteiger partial charge is 0.461 e. The molecule has 0 saturated heterocycles. The van der Waals surface area contributed by atoms with Gasteiger partial charge in [-0.05, 0) is 45.4 Å². The molecule has 144 valence electrons. The van der Waals surface area contributed by atoms with Crippen LogP contribution in [-0.2, 0) is 13.0 Å². The maximum absolute atomic E-state index is 5.86. The van der Waals surface area contributed by atoms with Crippen LogP contribution in [-0.4, -0.2) is 35.4 Å². The highest BCUT2D eigenvalue weighted by atomic mass is 16.3. The van der Waals surface area contributed by atoms with Gasteiger partial charge in [0, 0.05) is 43.7 Å². The van der Waals surface area contributed by atoms with Crippen LogP contribution in [0.15, 0.2) is 45.8 Å². The lowest BCUT2D eigenvalue weighted by Crippen LogP contribution is -2.38. The third kappa shape index (κ3) is 5.36. The minimum Gasteiger partial charge on any atom is -0.461 e. The molecule has 0 fully saturated rings. The molecule has 0 bridgehead atoms. The SMILES string of the molecule is CCNC(=NCCCn1nc(C)cc1C)NCCc1cc2ccccc2o1. The van der Waals surface area contributed by atoms with E-state index in [1.54, 1.807) is 0 Å². The molecule has 1 aromatic carbocycles. The molecule has 0 unspecified atom stereocenters. The fourth-order valence-electron chi connectivity index (χ4n) is 3.12. The second kappa shape index (κ2) is 9.26. The summed E-state index contributed by atoms with van der Waals surface area (Å²) < 4.78 is 7.91. The molecule has 0 spiro atoms. The summed E-state index contributed by atoms with van der Waals surface area (Å²) in [7, 11) is 0. The van der Waals surface area contributed by atoms with Crippen LogP contribution in [0.5, 0.6) is 0 Å². The van der Waals surface area contributed by atoms with Crippen LogP contribution in [0.2, 0.25) is 0 Å². The lowest BCUT2D eigenvalue weighted by atomic mass is 10.2. The molecule has 0 aliphatic rings. The predicted octanol–water partition coefficient (Wildman–Crippen LogP) is 3.43. The number of rotatable bonds is 8. The summed E-state index contributed by atoms with van der Waals surface area (Å²) in [6.45, 7) is 9.47. The van der Waals surface area contributed by atoms with Crippen LogP contribution in [0.4, 0.5) is 0 Å². The topological polar surface area (TPSA) is 67.4 Å². The van der Waals surface area contributed by atoms with Crippen LogP contribution in [0.25, 0.3) is 11.0 Å². The summed E-state index contributed by atoms with van der Waals surface area (Å²) >= 11 is 0. The van der Waals surface area contributed by atoms with Gasteiger partial charge in [-0.3, -0.25) is 9.67 Å². The quantitative estimate of drug-likeness (QED) is 0.364. The zero-order chi connectivity index (χ0) is 19.1. The third-order valence-corrected chi connectivity index (χ3v) is 4.39. The molecule has 6 heteroatoms. The highest BCUT2D eigenvalue weighted by Gasteiger charge is 2.04. The van der Waals surface area contributed by atoms with Crippen molar-refractivity contribution in [2.24, 2.45) is 4.99 Å². The van der Waals surface area contributed by atoms with Crippen molar-refractivity contribution in [3.8, 4) is 0 Å². The Labute approximate surface area is 160 Å². The number of aromatic nitrogens is 2. The highest BCUT2D eigenvalue weighted by Crippen LogP contribution is 2.18. The first kappa shape index (κ1) is 19.0. The van der Waals surface area contributed by atoms with Crippen molar-refractivity contribution in [2.75, 3.05) is 19.6 Å². The van der Waals surface area contributed by atoms with Crippen molar-refractivity contribution in [1.29, 1.82) is 0 Å². The number of fused-ring (bicyclic) bond motifs is 1. The number of nitrogens with one attached hydrogen (secondary N) is 2. The number of para-hydroxylation sites is 1. The standard InChI is InChI=1S/C21H29N5O/c1-4-22-21(23-11-7-13-26-17(3)14-16(2)25-26)24-12-10-19-15-18-8-5-6-9-20(18)27-19/h5-6,8-9,14-15H,4,7,10-13H2,1-3H3,(H2,22,23,24). The Balaban J connectivity index is 1.46. The number of aryl methyl sites for hydroxylation is 3. The minimum absolute atomic E-state index is 0.762. The second-order valence-corrected chi connectivity index (χ2v) is 6.69. The van der Waals surface area contributed by atoms with Gasteiger partial charge >= 0.3 is 0 Å². The molecular formula is C21H29N5O. The van der Waals surface area contributed by atoms with Crippen molar-refractivity contribution >= 4 is 16.9 Å². The summed E-state index contributed by atoms with van der Waals surface area (Å²) in [4.78, 5) is 4.66. The average Bonchev–Trinajstić information content (AvgIpc) is 3.20. The fourth-order valence-corrected chi connectivity index (χ4v) is 3.12. The minimum atomic E-state index is 0.762. The number of furan rings is 1. The van der Waals surface area contributed by atoms with E-state index >= 15 is 0 Å². The molecule has 2 N–H and O–H groups in total. The first-order chi connectivity index (χ1) is 13.2. The Morgan fingerprint density at radius 3 is 2.78 bits per heavy atom. The summed E-state index contributed by atoms with van der Waals surface area (Å²) in [5.74, 6) is 1.84. The lowest BCUT2D eigenvalue weighted by Gasteiger charge is -2.10. The van der Waals surface area contributed by atoms with Gasteiger partial charge in [-0.1, -0.05) is 18.2 Å². The van der Waals surface area contributed by atoms with E-state index in [9.17, 15) is 0 Å². The Hall–Kier alpha value is -2.76. The van der Waals surface area contributed by atoms with Crippen molar-refractivity contribution in [2.45, 2.75) is 40.2 Å². The molecular weight excluding hydrogens is 338 g/mol. The molecule has 27 heavy (non-hydrogen) atoms. The van der Waals surface area contributed by atoms with Crippen molar-refractivity contribution < 1.29 is 4.42 Å². The summed E-state index contributed by atoms with van der Waals surface area (Å²) in [6, 6.07) is 12.3. The Morgan fingerprint density at radius 2 is 2.04 bits per heavy atom. The Morgan fingerprint density at radius 1 is 1.19 bits per heavy atom. The molecule has 2 aromatic heterocycles. The molecule has 0 saturated carbocycles. The maximum Gasteiger partial charge on any atom is 0.191 e. The van der Waals surface area contributed by atoms with E-state index < -0.39 is 0 Å². The first-order valence-corrected chi connectivity index (χ1v) is 9.66. The smallest absolute Gasteiger partial charge is 0.191 e. The number of benzene rings is 1. The summed E-state index contributed by atoms with van der Waals surface area (Å²) in [5.41, 5.74) is 3.21. The Kier molecular flexibility index (Phi) is 6.52. The van der Waals surface area contributed by atoms with E-state index in [4.69, 9.17) is 4.42 Å². The zero-order valence-electron chi connectivity index (χ0n) is 16.5. The van der Waals surface area contributed by atoms with Crippen molar-refractivity contribution in [3.05, 3.63) is 53.5 Å². The molecule has 0 aliphatic heterocycles. The van der Waals surface area contributed by atoms with E-state index in [0.717, 1.165) is 67.4 Å². The summed E-state index contributed by atoms with van der Waals surface area (Å²) in [6.07, 6.45) is 1.78. The van der Waals surface area contributed by atoms with Gasteiger partial charge in [0.15, 0.2) is 5.96 Å². The van der Waals surface area contributed by atoms with Gasteiger partial charge in [0.05, 0.1) is 5.69 Å². The number of nitrogens with zero attached hydrogens (tertiary/aromatic N) is 3. The summed E-state index contributed by atoms with van der Waals surface area (Å²) in [5, 5.41) is 12.3. The van der Waals surface area contributed by atoms with Gasteiger partial charge in [-0.15, -0.1) is 0 Å². The van der Waals surface area contributed by atoms with Crippen LogP contribution < -0.4 is 10.6 Å². The average molecular weight is 367 g/mol.